The van der Waals surface area contributed by atoms with E-state index in [9.17, 15) is 9.18 Å². The molecule has 0 saturated heterocycles. The van der Waals surface area contributed by atoms with Crippen LogP contribution in [0.1, 0.15) is 31.4 Å². The number of nitrogens with one attached hydrogen (secondary N) is 2. The Balaban J connectivity index is 1.78. The lowest BCUT2D eigenvalue weighted by molar-refractivity contribution is -0.116. The van der Waals surface area contributed by atoms with Crippen molar-refractivity contribution in [3.05, 3.63) is 81.0 Å². The number of carbonyl (C=O) groups is 1. The van der Waals surface area contributed by atoms with Crippen molar-refractivity contribution in [1.82, 2.24) is 0 Å². The van der Waals surface area contributed by atoms with E-state index in [1.165, 1.54) is 6.07 Å². The number of anilines is 2. The molecule has 0 saturated carbocycles. The molecule has 2 N–H and O–H groups in total. The molecule has 34 heavy (non-hydrogen) atoms. The van der Waals surface area contributed by atoms with Crippen molar-refractivity contribution >= 4 is 44.8 Å². The number of benzene rings is 3. The van der Waals surface area contributed by atoms with Crippen molar-refractivity contribution < 1.29 is 18.7 Å². The number of methoxy groups -OCH3 is 1. The van der Waals surface area contributed by atoms with Gasteiger partial charge in [-0.1, -0.05) is 53.5 Å². The Bertz CT molecular complexity index is 1140. The maximum atomic E-state index is 14.2. The SMILES string of the molecule is COc1ccc(Br)c(CNc2cccc(NC(=O)CC(C)C)c2)c1OCc1c(F)cccc1Cl. The van der Waals surface area contributed by atoms with Gasteiger partial charge in [0.2, 0.25) is 5.91 Å². The van der Waals surface area contributed by atoms with Crippen molar-refractivity contribution in [3.63, 3.8) is 0 Å². The van der Waals surface area contributed by atoms with Gasteiger partial charge in [-0.3, -0.25) is 4.79 Å². The van der Waals surface area contributed by atoms with Gasteiger partial charge in [-0.15, -0.1) is 0 Å². The predicted octanol–water partition coefficient (Wildman–Crippen LogP) is 7.43. The number of amides is 1. The third-order valence-electron chi connectivity index (χ3n) is 5.02. The lowest BCUT2D eigenvalue weighted by Crippen LogP contribution is -2.14. The molecule has 0 radical (unpaired) electrons. The molecule has 0 aliphatic carbocycles. The molecule has 5 nitrogen and oxygen atoms in total. The summed E-state index contributed by atoms with van der Waals surface area (Å²) in [5, 5.41) is 6.57. The zero-order valence-electron chi connectivity index (χ0n) is 19.3. The van der Waals surface area contributed by atoms with Crippen LogP contribution >= 0.6 is 27.5 Å². The summed E-state index contributed by atoms with van der Waals surface area (Å²) in [6.07, 6.45) is 0.459. The Kier molecular flexibility index (Phi) is 9.19. The van der Waals surface area contributed by atoms with Crippen molar-refractivity contribution in [3.8, 4) is 11.5 Å². The minimum atomic E-state index is -0.433. The summed E-state index contributed by atoms with van der Waals surface area (Å²) >= 11 is 9.73. The van der Waals surface area contributed by atoms with Crippen LogP contribution in [0.15, 0.2) is 59.1 Å². The predicted molar refractivity (Wildman–Crippen MR) is 138 cm³/mol. The van der Waals surface area contributed by atoms with Crippen molar-refractivity contribution in [2.24, 2.45) is 5.92 Å². The van der Waals surface area contributed by atoms with Crippen LogP contribution in [-0.2, 0) is 17.9 Å². The Morgan fingerprint density at radius 3 is 2.53 bits per heavy atom. The zero-order chi connectivity index (χ0) is 24.7. The molecule has 8 heteroatoms. The van der Waals surface area contributed by atoms with Gasteiger partial charge in [0, 0.05) is 39.9 Å². The molecule has 0 aromatic heterocycles. The highest BCUT2D eigenvalue weighted by molar-refractivity contribution is 9.10. The van der Waals surface area contributed by atoms with Gasteiger partial charge in [-0.2, -0.15) is 0 Å². The number of ether oxygens (including phenoxy) is 2. The van der Waals surface area contributed by atoms with Crippen LogP contribution in [0.2, 0.25) is 5.02 Å². The van der Waals surface area contributed by atoms with Gasteiger partial charge >= 0.3 is 0 Å². The number of halogens is 3. The second-order valence-electron chi connectivity index (χ2n) is 8.13. The molecule has 0 atom stereocenters. The number of carbonyl (C=O) groups excluding carboxylic acids is 1. The quantitative estimate of drug-likeness (QED) is 0.276. The summed E-state index contributed by atoms with van der Waals surface area (Å²) in [6, 6.07) is 15.6. The first-order chi connectivity index (χ1) is 16.3. The molecule has 0 aliphatic heterocycles. The molecule has 0 fully saturated rings. The van der Waals surface area contributed by atoms with Crippen molar-refractivity contribution in [2.45, 2.75) is 33.4 Å². The minimum absolute atomic E-state index is 0.0230. The van der Waals surface area contributed by atoms with Gasteiger partial charge in [-0.05, 0) is 48.4 Å². The van der Waals surface area contributed by atoms with E-state index in [1.54, 1.807) is 25.3 Å². The Labute approximate surface area is 212 Å². The lowest BCUT2D eigenvalue weighted by Gasteiger charge is -2.18. The smallest absolute Gasteiger partial charge is 0.224 e. The average Bonchev–Trinajstić information content (AvgIpc) is 2.78. The molecular weight excluding hydrogens is 523 g/mol. The Morgan fingerprint density at radius 1 is 1.09 bits per heavy atom. The van der Waals surface area contributed by atoms with E-state index < -0.39 is 5.82 Å². The number of rotatable bonds is 10. The fourth-order valence-corrected chi connectivity index (χ4v) is 4.03. The first-order valence-corrected chi connectivity index (χ1v) is 12.0. The summed E-state index contributed by atoms with van der Waals surface area (Å²) in [7, 11) is 1.55. The molecule has 0 spiro atoms. The third kappa shape index (κ3) is 6.87. The maximum absolute atomic E-state index is 14.2. The first-order valence-electron chi connectivity index (χ1n) is 10.8. The van der Waals surface area contributed by atoms with Gasteiger partial charge in [0.1, 0.15) is 12.4 Å². The first kappa shape index (κ1) is 25.8. The molecule has 3 rings (SSSR count). The van der Waals surface area contributed by atoms with Crippen LogP contribution in [0.25, 0.3) is 0 Å². The van der Waals surface area contributed by atoms with Crippen LogP contribution in [0.5, 0.6) is 11.5 Å². The van der Waals surface area contributed by atoms with E-state index in [1.807, 2.05) is 44.2 Å². The van der Waals surface area contributed by atoms with E-state index >= 15 is 0 Å². The fourth-order valence-electron chi connectivity index (χ4n) is 3.36. The van der Waals surface area contributed by atoms with Gasteiger partial charge in [-0.25, -0.2) is 4.39 Å². The van der Waals surface area contributed by atoms with Crippen molar-refractivity contribution in [1.29, 1.82) is 0 Å². The zero-order valence-corrected chi connectivity index (χ0v) is 21.6. The maximum Gasteiger partial charge on any atom is 0.224 e. The van der Waals surface area contributed by atoms with E-state index in [0.717, 1.165) is 15.7 Å². The third-order valence-corrected chi connectivity index (χ3v) is 6.12. The van der Waals surface area contributed by atoms with Gasteiger partial charge in [0.15, 0.2) is 11.5 Å². The molecule has 1 amide bonds. The fraction of sp³-hybridized carbons (Fsp3) is 0.269. The topological polar surface area (TPSA) is 59.6 Å². The van der Waals surface area contributed by atoms with Crippen LogP contribution in [0.4, 0.5) is 15.8 Å². The second-order valence-corrected chi connectivity index (χ2v) is 9.39. The number of hydrogen-bond acceptors (Lipinski definition) is 4. The molecule has 180 valence electrons. The molecule has 3 aromatic carbocycles. The van der Waals surface area contributed by atoms with Gasteiger partial charge in [0.05, 0.1) is 12.1 Å². The minimum Gasteiger partial charge on any atom is -0.493 e. The molecule has 0 aliphatic rings. The monoisotopic (exact) mass is 548 g/mol. The highest BCUT2D eigenvalue weighted by atomic mass is 79.9. The summed E-state index contributed by atoms with van der Waals surface area (Å²) in [5.41, 5.74) is 2.60. The highest BCUT2D eigenvalue weighted by Gasteiger charge is 2.17. The lowest BCUT2D eigenvalue weighted by atomic mass is 10.1. The van der Waals surface area contributed by atoms with Gasteiger partial charge < -0.3 is 20.1 Å². The largest absolute Gasteiger partial charge is 0.493 e. The second kappa shape index (κ2) is 12.1. The van der Waals surface area contributed by atoms with E-state index in [0.29, 0.717) is 35.2 Å². The van der Waals surface area contributed by atoms with Crippen LogP contribution in [0, 0.1) is 11.7 Å². The average molecular weight is 550 g/mol. The summed E-state index contributed by atoms with van der Waals surface area (Å²) in [4.78, 5) is 12.1. The van der Waals surface area contributed by atoms with Crippen LogP contribution in [0.3, 0.4) is 0 Å². The normalized spacial score (nSPS) is 10.8. The summed E-state index contributed by atoms with van der Waals surface area (Å²) < 4.78 is 26.5. The van der Waals surface area contributed by atoms with E-state index in [4.69, 9.17) is 21.1 Å². The standard InChI is InChI=1S/C26H27BrClFN2O3/c1-16(2)12-25(32)31-18-7-4-6-17(13-18)30-14-19-21(27)10-11-24(33-3)26(19)34-15-20-22(28)8-5-9-23(20)29/h4-11,13,16,30H,12,14-15H2,1-3H3,(H,31,32). The summed E-state index contributed by atoms with van der Waals surface area (Å²) in [5.74, 6) is 0.819. The Hall–Kier alpha value is -2.77. The molecule has 0 heterocycles. The number of hydrogen-bond donors (Lipinski definition) is 2. The molecule has 3 aromatic rings. The van der Waals surface area contributed by atoms with Crippen LogP contribution < -0.4 is 20.1 Å². The molecule has 0 unspecified atom stereocenters. The van der Waals surface area contributed by atoms with E-state index in [2.05, 4.69) is 26.6 Å². The summed E-state index contributed by atoms with van der Waals surface area (Å²) in [6.45, 7) is 4.34. The highest BCUT2D eigenvalue weighted by Crippen LogP contribution is 2.38. The molecular formula is C26H27BrClFN2O3. The Morgan fingerprint density at radius 2 is 1.82 bits per heavy atom. The van der Waals surface area contributed by atoms with Gasteiger partial charge in [0.25, 0.3) is 0 Å². The molecule has 0 bridgehead atoms. The van der Waals surface area contributed by atoms with Crippen molar-refractivity contribution in [2.75, 3.05) is 17.7 Å². The van der Waals surface area contributed by atoms with E-state index in [-0.39, 0.29) is 24.0 Å². The van der Waals surface area contributed by atoms with Crippen LogP contribution in [-0.4, -0.2) is 13.0 Å².